The van der Waals surface area contributed by atoms with Gasteiger partial charge in [-0.05, 0) is 65.8 Å². The molecule has 0 spiro atoms. The van der Waals surface area contributed by atoms with Crippen LogP contribution in [0.1, 0.15) is 47.6 Å². The van der Waals surface area contributed by atoms with Crippen molar-refractivity contribution in [3.63, 3.8) is 0 Å². The van der Waals surface area contributed by atoms with Crippen LogP contribution >= 0.6 is 11.6 Å². The number of nitrogens with zero attached hydrogens (tertiary/aromatic N) is 1. The molecule has 0 radical (unpaired) electrons. The molecule has 43 heavy (non-hydrogen) atoms. The lowest BCUT2D eigenvalue weighted by Crippen LogP contribution is -2.43. The van der Waals surface area contributed by atoms with Gasteiger partial charge in [-0.3, -0.25) is 9.59 Å². The first-order chi connectivity index (χ1) is 20.8. The number of nitrogens with one attached hydrogen (secondary N) is 2. The fourth-order valence-corrected chi connectivity index (χ4v) is 6.25. The predicted molar refractivity (Wildman–Crippen MR) is 168 cm³/mol. The molecule has 0 aliphatic heterocycles. The standard InChI is InChI=1S/C34H34ClN3O4S/c35-29-16-11-27(12-17-29)24-38(32(39)22-15-25-13-20-31(21-14-25)43(41,42)37-30-18-19-30)33(28-9-5-2-6-10-28)34(40)36-23-26-7-3-1-4-8-26/h1-14,16-17,20-21,30,33,37H,15,18-19,22-24H2,(H,36,40)/t33-/m0/s1. The Labute approximate surface area is 257 Å². The molecule has 7 nitrogen and oxygen atoms in total. The Morgan fingerprint density at radius 1 is 0.791 bits per heavy atom. The SMILES string of the molecule is O=C(NCc1ccccc1)[C@H](c1ccccc1)N(Cc1ccc(Cl)cc1)C(=O)CCc1ccc(S(=O)(=O)NC2CC2)cc1. The van der Waals surface area contributed by atoms with E-state index in [4.69, 9.17) is 11.6 Å². The summed E-state index contributed by atoms with van der Waals surface area (Å²) in [5.74, 6) is -0.485. The summed E-state index contributed by atoms with van der Waals surface area (Å²) in [6, 6.07) is 31.9. The molecular formula is C34H34ClN3O4S. The van der Waals surface area contributed by atoms with Crippen LogP contribution in [0.4, 0.5) is 0 Å². The third-order valence-corrected chi connectivity index (χ3v) is 9.12. The molecular weight excluding hydrogens is 582 g/mol. The summed E-state index contributed by atoms with van der Waals surface area (Å²) in [5.41, 5.74) is 3.33. The van der Waals surface area contributed by atoms with Gasteiger partial charge < -0.3 is 10.2 Å². The second-order valence-corrected chi connectivity index (χ2v) is 12.9. The van der Waals surface area contributed by atoms with Crippen LogP contribution in [0.3, 0.4) is 0 Å². The summed E-state index contributed by atoms with van der Waals surface area (Å²) in [5, 5.41) is 3.61. The summed E-state index contributed by atoms with van der Waals surface area (Å²) in [6.07, 6.45) is 2.25. The largest absolute Gasteiger partial charge is 0.350 e. The average Bonchev–Trinajstić information content (AvgIpc) is 3.84. The van der Waals surface area contributed by atoms with Crippen LogP contribution < -0.4 is 10.0 Å². The highest BCUT2D eigenvalue weighted by molar-refractivity contribution is 7.89. The van der Waals surface area contributed by atoms with Crippen LogP contribution in [-0.4, -0.2) is 31.2 Å². The van der Waals surface area contributed by atoms with Crippen molar-refractivity contribution in [2.45, 2.75) is 55.8 Å². The monoisotopic (exact) mass is 615 g/mol. The summed E-state index contributed by atoms with van der Waals surface area (Å²) in [7, 11) is -3.55. The lowest BCUT2D eigenvalue weighted by Gasteiger charge is -2.32. The van der Waals surface area contributed by atoms with Crippen molar-refractivity contribution in [1.82, 2.24) is 14.9 Å². The smallest absolute Gasteiger partial charge is 0.247 e. The lowest BCUT2D eigenvalue weighted by molar-refractivity contribution is -0.141. The molecule has 5 rings (SSSR count). The van der Waals surface area contributed by atoms with Gasteiger partial charge in [-0.1, -0.05) is 96.5 Å². The first kappa shape index (κ1) is 30.5. The topological polar surface area (TPSA) is 95.6 Å². The molecule has 1 fully saturated rings. The molecule has 1 atom stereocenters. The highest BCUT2D eigenvalue weighted by atomic mass is 35.5. The molecule has 0 unspecified atom stereocenters. The molecule has 1 saturated carbocycles. The van der Waals surface area contributed by atoms with Gasteiger partial charge in [0.05, 0.1) is 4.90 Å². The Morgan fingerprint density at radius 2 is 1.40 bits per heavy atom. The summed E-state index contributed by atoms with van der Waals surface area (Å²) < 4.78 is 27.8. The van der Waals surface area contributed by atoms with Crippen molar-refractivity contribution < 1.29 is 18.0 Å². The van der Waals surface area contributed by atoms with Gasteiger partial charge >= 0.3 is 0 Å². The second-order valence-electron chi connectivity index (χ2n) is 10.7. The second kappa shape index (κ2) is 14.0. The van der Waals surface area contributed by atoms with E-state index in [1.165, 1.54) is 0 Å². The van der Waals surface area contributed by atoms with Crippen LogP contribution in [0.15, 0.2) is 114 Å². The van der Waals surface area contributed by atoms with E-state index in [1.807, 2.05) is 72.8 Å². The van der Waals surface area contributed by atoms with Gasteiger partial charge in [-0.2, -0.15) is 0 Å². The number of hydrogen-bond acceptors (Lipinski definition) is 4. The van der Waals surface area contributed by atoms with Crippen LogP contribution in [0.25, 0.3) is 0 Å². The number of rotatable bonds is 13. The van der Waals surface area contributed by atoms with Gasteiger partial charge in [0.1, 0.15) is 6.04 Å². The van der Waals surface area contributed by atoms with E-state index in [9.17, 15) is 18.0 Å². The number of carbonyl (C=O) groups excluding carboxylic acids is 2. The molecule has 1 aliphatic rings. The zero-order chi connectivity index (χ0) is 30.2. The normalized spacial score (nSPS) is 13.7. The van der Waals surface area contributed by atoms with Crippen molar-refractivity contribution >= 4 is 33.4 Å². The lowest BCUT2D eigenvalue weighted by atomic mass is 10.0. The van der Waals surface area contributed by atoms with Gasteiger partial charge in [0.15, 0.2) is 0 Å². The molecule has 2 N–H and O–H groups in total. The number of aryl methyl sites for hydroxylation is 1. The van der Waals surface area contributed by atoms with Crippen LogP contribution in [0, 0.1) is 0 Å². The van der Waals surface area contributed by atoms with Gasteiger partial charge in [-0.15, -0.1) is 0 Å². The number of carbonyl (C=O) groups is 2. The average molecular weight is 616 g/mol. The van der Waals surface area contributed by atoms with Crippen LogP contribution in [0.5, 0.6) is 0 Å². The molecule has 2 amide bonds. The molecule has 222 valence electrons. The van der Waals surface area contributed by atoms with Gasteiger partial charge in [0.25, 0.3) is 0 Å². The summed E-state index contributed by atoms with van der Waals surface area (Å²) >= 11 is 6.12. The van der Waals surface area contributed by atoms with Gasteiger partial charge in [-0.25, -0.2) is 13.1 Å². The van der Waals surface area contributed by atoms with Crippen molar-refractivity contribution in [3.8, 4) is 0 Å². The van der Waals surface area contributed by atoms with Gasteiger partial charge in [0, 0.05) is 30.6 Å². The first-order valence-electron chi connectivity index (χ1n) is 14.3. The number of benzene rings is 4. The molecule has 0 heterocycles. The molecule has 0 bridgehead atoms. The highest BCUT2D eigenvalue weighted by Crippen LogP contribution is 2.26. The number of amides is 2. The zero-order valence-corrected chi connectivity index (χ0v) is 25.2. The molecule has 0 saturated heterocycles. The Hall–Kier alpha value is -3.98. The fraction of sp³-hybridized carbons (Fsp3) is 0.235. The third-order valence-electron chi connectivity index (χ3n) is 7.33. The molecule has 9 heteroatoms. The minimum Gasteiger partial charge on any atom is -0.350 e. The number of hydrogen-bond donors (Lipinski definition) is 2. The Kier molecular flexibility index (Phi) is 9.92. The Morgan fingerprint density at radius 3 is 2.02 bits per heavy atom. The Bertz CT molecular complexity index is 1630. The van der Waals surface area contributed by atoms with E-state index >= 15 is 0 Å². The predicted octanol–water partition coefficient (Wildman–Crippen LogP) is 5.80. The maximum atomic E-state index is 13.9. The van der Waals surface area contributed by atoms with E-state index < -0.39 is 16.1 Å². The van der Waals surface area contributed by atoms with Crippen molar-refractivity contribution in [1.29, 1.82) is 0 Å². The van der Waals surface area contributed by atoms with E-state index in [0.717, 1.165) is 29.5 Å². The minimum absolute atomic E-state index is 0.0244. The molecule has 4 aromatic carbocycles. The van der Waals surface area contributed by atoms with Gasteiger partial charge in [0.2, 0.25) is 21.8 Å². The maximum Gasteiger partial charge on any atom is 0.247 e. The minimum atomic E-state index is -3.55. The van der Waals surface area contributed by atoms with Crippen molar-refractivity contribution in [3.05, 3.63) is 136 Å². The molecule has 0 aromatic heterocycles. The zero-order valence-electron chi connectivity index (χ0n) is 23.7. The highest BCUT2D eigenvalue weighted by Gasteiger charge is 2.31. The first-order valence-corrected chi connectivity index (χ1v) is 16.2. The number of halogens is 1. The van der Waals surface area contributed by atoms with E-state index in [0.29, 0.717) is 23.6 Å². The van der Waals surface area contributed by atoms with E-state index in [1.54, 1.807) is 41.3 Å². The molecule has 4 aromatic rings. The van der Waals surface area contributed by atoms with Crippen molar-refractivity contribution in [2.75, 3.05) is 0 Å². The Balaban J connectivity index is 1.37. The quantitative estimate of drug-likeness (QED) is 0.199. The summed E-state index contributed by atoms with van der Waals surface area (Å²) in [4.78, 5) is 29.6. The van der Waals surface area contributed by atoms with Crippen LogP contribution in [-0.2, 0) is 39.1 Å². The molecule has 1 aliphatic carbocycles. The van der Waals surface area contributed by atoms with E-state index in [-0.39, 0.29) is 35.7 Å². The fourth-order valence-electron chi connectivity index (χ4n) is 4.82. The number of sulfonamides is 1. The third kappa shape index (κ3) is 8.54. The maximum absolute atomic E-state index is 13.9. The summed E-state index contributed by atoms with van der Waals surface area (Å²) in [6.45, 7) is 0.537. The van der Waals surface area contributed by atoms with E-state index in [2.05, 4.69) is 10.0 Å². The van der Waals surface area contributed by atoms with Crippen LogP contribution in [0.2, 0.25) is 5.02 Å². The van der Waals surface area contributed by atoms with Crippen molar-refractivity contribution in [2.24, 2.45) is 0 Å².